The first-order valence-electron chi connectivity index (χ1n) is 8.59. The minimum atomic E-state index is -0.362. The number of amides is 1. The van der Waals surface area contributed by atoms with Crippen molar-refractivity contribution < 1.29 is 14.3 Å². The van der Waals surface area contributed by atoms with E-state index in [4.69, 9.17) is 4.74 Å². The number of thioether (sulfide) groups is 2. The van der Waals surface area contributed by atoms with Gasteiger partial charge in [0.25, 0.3) is 5.91 Å². The molecule has 1 N–H and O–H groups in total. The van der Waals surface area contributed by atoms with Crippen LogP contribution in [0.2, 0.25) is 0 Å². The third-order valence-corrected chi connectivity index (χ3v) is 6.94. The maximum atomic E-state index is 12.4. The van der Waals surface area contributed by atoms with Crippen LogP contribution in [0.3, 0.4) is 0 Å². The average molecular weight is 388 g/mol. The van der Waals surface area contributed by atoms with Crippen molar-refractivity contribution in [3.63, 3.8) is 0 Å². The van der Waals surface area contributed by atoms with E-state index in [0.717, 1.165) is 0 Å². The van der Waals surface area contributed by atoms with Crippen LogP contribution < -0.4 is 5.32 Å². The van der Waals surface area contributed by atoms with E-state index >= 15 is 0 Å². The highest BCUT2D eigenvalue weighted by Crippen LogP contribution is 2.43. The Morgan fingerprint density at radius 3 is 2.23 bits per heavy atom. The lowest BCUT2D eigenvalue weighted by molar-refractivity contribution is 0.0526. The molecule has 1 fully saturated rings. The average Bonchev–Trinajstić information content (AvgIpc) is 2.69. The van der Waals surface area contributed by atoms with Gasteiger partial charge >= 0.3 is 5.97 Å². The van der Waals surface area contributed by atoms with Crippen LogP contribution in [0.25, 0.3) is 0 Å². The molecule has 0 unspecified atom stereocenters. The molecule has 0 spiro atoms. The molecule has 2 aromatic carbocycles. The summed E-state index contributed by atoms with van der Waals surface area (Å²) in [5.41, 5.74) is 2.99. The second-order valence-electron chi connectivity index (χ2n) is 5.80. The fourth-order valence-electron chi connectivity index (χ4n) is 2.58. The van der Waals surface area contributed by atoms with Crippen LogP contribution >= 0.6 is 23.5 Å². The summed E-state index contributed by atoms with van der Waals surface area (Å²) in [6.07, 6.45) is 1.27. The lowest BCUT2D eigenvalue weighted by Gasteiger charge is -2.21. The summed E-state index contributed by atoms with van der Waals surface area (Å²) in [6, 6.07) is 14.5. The highest BCUT2D eigenvalue weighted by atomic mass is 32.2. The van der Waals surface area contributed by atoms with Crippen LogP contribution in [0.4, 0.5) is 5.69 Å². The molecule has 0 aromatic heterocycles. The van der Waals surface area contributed by atoms with Crippen LogP contribution in [0.1, 0.15) is 44.2 Å². The number of hydrogen-bond donors (Lipinski definition) is 1. The lowest BCUT2D eigenvalue weighted by Crippen LogP contribution is -2.12. The summed E-state index contributed by atoms with van der Waals surface area (Å²) in [7, 11) is 0. The molecule has 6 heteroatoms. The van der Waals surface area contributed by atoms with Gasteiger partial charge in [-0.2, -0.15) is 0 Å². The largest absolute Gasteiger partial charge is 0.462 e. The Morgan fingerprint density at radius 1 is 1.00 bits per heavy atom. The molecule has 3 rings (SSSR count). The molecule has 0 radical (unpaired) electrons. The molecule has 136 valence electrons. The third-order valence-electron chi connectivity index (χ3n) is 3.93. The molecule has 0 atom stereocenters. The number of hydrogen-bond acceptors (Lipinski definition) is 5. The van der Waals surface area contributed by atoms with Gasteiger partial charge in [-0.25, -0.2) is 4.79 Å². The zero-order chi connectivity index (χ0) is 18.4. The van der Waals surface area contributed by atoms with E-state index in [9.17, 15) is 9.59 Å². The predicted molar refractivity (Wildman–Crippen MR) is 109 cm³/mol. The van der Waals surface area contributed by atoms with Gasteiger partial charge < -0.3 is 10.1 Å². The van der Waals surface area contributed by atoms with E-state index in [-0.39, 0.29) is 11.9 Å². The van der Waals surface area contributed by atoms with Crippen molar-refractivity contribution in [1.29, 1.82) is 0 Å². The normalized spacial score (nSPS) is 14.7. The Kier molecular flexibility index (Phi) is 6.63. The Balaban J connectivity index is 1.61. The molecule has 0 aliphatic carbocycles. The maximum Gasteiger partial charge on any atom is 0.338 e. The molecule has 1 aliphatic heterocycles. The minimum absolute atomic E-state index is 0.163. The van der Waals surface area contributed by atoms with Gasteiger partial charge in [0.15, 0.2) is 0 Å². The first-order chi connectivity index (χ1) is 12.7. The molecular formula is C20H21NO3S2. The van der Waals surface area contributed by atoms with Crippen molar-refractivity contribution in [3.05, 3.63) is 65.2 Å². The van der Waals surface area contributed by atoms with Gasteiger partial charge in [0, 0.05) is 11.3 Å². The summed E-state index contributed by atoms with van der Waals surface area (Å²) in [5, 5.41) is 2.85. The van der Waals surface area contributed by atoms with Crippen molar-refractivity contribution >= 4 is 41.1 Å². The van der Waals surface area contributed by atoms with Crippen LogP contribution in [0.5, 0.6) is 0 Å². The van der Waals surface area contributed by atoms with Crippen LogP contribution in [0.15, 0.2) is 48.5 Å². The van der Waals surface area contributed by atoms with E-state index in [1.165, 1.54) is 23.5 Å². The van der Waals surface area contributed by atoms with E-state index in [1.807, 2.05) is 47.8 Å². The highest BCUT2D eigenvalue weighted by Gasteiger charge is 2.17. The van der Waals surface area contributed by atoms with Gasteiger partial charge in [0.2, 0.25) is 0 Å². The van der Waals surface area contributed by atoms with Crippen molar-refractivity contribution in [1.82, 2.24) is 0 Å². The van der Waals surface area contributed by atoms with Gasteiger partial charge in [-0.3, -0.25) is 4.79 Å². The predicted octanol–water partition coefficient (Wildman–Crippen LogP) is 4.98. The number of carbonyl (C=O) groups is 2. The van der Waals surface area contributed by atoms with Gasteiger partial charge in [-0.15, -0.1) is 23.5 Å². The Morgan fingerprint density at radius 2 is 1.62 bits per heavy atom. The summed E-state index contributed by atoms with van der Waals surface area (Å²) in [6.45, 7) is 2.11. The Bertz CT molecular complexity index is 754. The standard InChI is InChI=1S/C20H21NO3S2/c1-2-24-19(23)15-8-10-17(11-9-15)21-18(22)14-4-6-16(7-5-14)20-25-12-3-13-26-20/h4-11,20H,2-3,12-13H2,1H3,(H,21,22). The quantitative estimate of drug-likeness (QED) is 0.733. The van der Waals surface area contributed by atoms with E-state index < -0.39 is 0 Å². The molecule has 4 nitrogen and oxygen atoms in total. The number of rotatable bonds is 5. The maximum absolute atomic E-state index is 12.4. The second-order valence-corrected chi connectivity index (χ2v) is 8.53. The molecule has 1 saturated heterocycles. The zero-order valence-electron chi connectivity index (χ0n) is 14.6. The number of carbonyl (C=O) groups excluding carboxylic acids is 2. The second kappa shape index (κ2) is 9.14. The minimum Gasteiger partial charge on any atom is -0.462 e. The van der Waals surface area contributed by atoms with Gasteiger partial charge in [0.1, 0.15) is 0 Å². The zero-order valence-corrected chi connectivity index (χ0v) is 16.2. The van der Waals surface area contributed by atoms with Crippen LogP contribution in [-0.2, 0) is 4.74 Å². The van der Waals surface area contributed by atoms with E-state index in [0.29, 0.717) is 28.0 Å². The first kappa shape index (κ1) is 18.9. The summed E-state index contributed by atoms with van der Waals surface area (Å²) >= 11 is 3.93. The molecule has 26 heavy (non-hydrogen) atoms. The van der Waals surface area contributed by atoms with Crippen LogP contribution in [0, 0.1) is 0 Å². The number of benzene rings is 2. The van der Waals surface area contributed by atoms with E-state index in [2.05, 4.69) is 5.32 Å². The number of nitrogens with one attached hydrogen (secondary N) is 1. The first-order valence-corrected chi connectivity index (χ1v) is 10.7. The number of anilines is 1. The van der Waals surface area contributed by atoms with Gasteiger partial charge in [-0.05, 0) is 66.8 Å². The molecular weight excluding hydrogens is 366 g/mol. The van der Waals surface area contributed by atoms with Crippen LogP contribution in [-0.4, -0.2) is 30.0 Å². The Hall–Kier alpha value is -1.92. The SMILES string of the molecule is CCOC(=O)c1ccc(NC(=O)c2ccc(C3SCCCS3)cc2)cc1. The molecule has 1 aliphatic rings. The fraction of sp³-hybridized carbons (Fsp3) is 0.300. The van der Waals surface area contributed by atoms with Crippen molar-refractivity contribution in [2.75, 3.05) is 23.4 Å². The smallest absolute Gasteiger partial charge is 0.338 e. The lowest BCUT2D eigenvalue weighted by atomic mass is 10.1. The molecule has 2 aromatic rings. The topological polar surface area (TPSA) is 55.4 Å². The monoisotopic (exact) mass is 387 g/mol. The summed E-state index contributed by atoms with van der Waals surface area (Å²) < 4.78 is 5.42. The number of esters is 1. The molecule has 0 saturated carbocycles. The van der Waals surface area contributed by atoms with Crippen molar-refractivity contribution in [2.24, 2.45) is 0 Å². The summed E-state index contributed by atoms with van der Waals surface area (Å²) in [4.78, 5) is 24.1. The molecule has 0 bridgehead atoms. The third kappa shape index (κ3) is 4.83. The van der Waals surface area contributed by atoms with Crippen molar-refractivity contribution in [2.45, 2.75) is 17.9 Å². The fourth-order valence-corrected chi connectivity index (χ4v) is 5.47. The Labute approximate surface area is 162 Å². The highest BCUT2D eigenvalue weighted by molar-refractivity contribution is 8.16. The van der Waals surface area contributed by atoms with Gasteiger partial charge in [-0.1, -0.05) is 12.1 Å². The number of ether oxygens (including phenoxy) is 1. The molecule has 1 heterocycles. The van der Waals surface area contributed by atoms with Gasteiger partial charge in [0.05, 0.1) is 16.8 Å². The van der Waals surface area contributed by atoms with Crippen molar-refractivity contribution in [3.8, 4) is 0 Å². The molecule has 1 amide bonds. The van der Waals surface area contributed by atoms with E-state index in [1.54, 1.807) is 31.2 Å². The summed E-state index contributed by atoms with van der Waals surface area (Å²) in [5.74, 6) is 1.87.